The van der Waals surface area contributed by atoms with Crippen LogP contribution in [-0.2, 0) is 28.2 Å². The molecule has 4 aliphatic heterocycles. The van der Waals surface area contributed by atoms with Gasteiger partial charge in [0, 0.05) is 105 Å². The second-order valence-electron chi connectivity index (χ2n) is 26.9. The Balaban J connectivity index is 0.000000119. The minimum absolute atomic E-state index is 0.0131. The third-order valence-corrected chi connectivity index (χ3v) is 19.6. The summed E-state index contributed by atoms with van der Waals surface area (Å²) in [5, 5.41) is 8.86. The summed E-state index contributed by atoms with van der Waals surface area (Å²) in [6.07, 6.45) is 16.7. The van der Waals surface area contributed by atoms with Crippen molar-refractivity contribution >= 4 is 141 Å². The molecule has 480 valence electrons. The van der Waals surface area contributed by atoms with Gasteiger partial charge in [0.05, 0.1) is 0 Å². The SMILES string of the molecule is CC1=c2oc3nc(C)ccc3c2=CN(C)B1c1cc(C)c(C)c[n+]1C.CC1=c2oc3nc(C)ccc3c2=CN(C)B1c1cc(C)cc[n+]1C.CC1=c2oc3nc(C)ccc3c2=CN(C)B1c1ccc(C)c[n+]1C.[2H]C([2H])([2H])c1ccc(B2C(C)=c3c(oc4ccccc34)=CN2C)[n+](C)c1. The van der Waals surface area contributed by atoms with E-state index in [-0.39, 0.29) is 27.4 Å². The van der Waals surface area contributed by atoms with Gasteiger partial charge >= 0.3 is 27.4 Å². The number of rotatable bonds is 4. The van der Waals surface area contributed by atoms with Crippen molar-refractivity contribution in [3.8, 4) is 0 Å². The molecule has 0 N–H and O–H groups in total. The van der Waals surface area contributed by atoms with E-state index in [1.165, 1.54) is 60.9 Å². The van der Waals surface area contributed by atoms with Gasteiger partial charge in [0.15, 0.2) is 47.2 Å². The molecule has 0 aliphatic carbocycles. The van der Waals surface area contributed by atoms with Crippen LogP contribution in [0.2, 0.25) is 0 Å². The molecule has 0 bridgehead atoms. The molecule has 0 amide bonds. The standard InChI is InChI=1S/C20H23BN3O.2C19H21BN3O.C19H20BN2O/c1-12-9-18(23(5)10-13(12)2)21-15(4)19-17(11-24(21)6)16-8-7-14(3)22-20(16)25-19;1-12-6-9-17(22(4)10-12)20-14(3)18-16(11-23(20)5)15-8-7-13(2)21-19(15)24-18;1-12-8-9-22(4)17(10-12)20-14(3)18-16(11-23(20)5)15-7-6-13(2)21-19(15)24-18;1-13-9-10-18(21(3)11-13)20-14(2)19-15-7-5-6-8-16(15)23-17(19)12-22(20)4/h7-11H,1-6H3;2*6-11H,1-5H3;5-12H,1-4H3/q4*+1/i;;;1D3. The van der Waals surface area contributed by atoms with Gasteiger partial charge < -0.3 is 36.9 Å². The number of furan rings is 4. The summed E-state index contributed by atoms with van der Waals surface area (Å²) in [7, 11) is 16.6. The van der Waals surface area contributed by atoms with E-state index in [1.807, 2.05) is 88.1 Å². The van der Waals surface area contributed by atoms with Crippen LogP contribution in [0.5, 0.6) is 0 Å². The van der Waals surface area contributed by atoms with Crippen LogP contribution in [0.3, 0.4) is 0 Å². The van der Waals surface area contributed by atoms with Crippen molar-refractivity contribution in [1.82, 2.24) is 34.2 Å². The maximum absolute atomic E-state index is 7.62. The minimum Gasteiger partial charge on any atom is -0.455 e. The lowest BCUT2D eigenvalue weighted by molar-refractivity contribution is -0.654. The topological polar surface area (TPSA) is 120 Å². The third-order valence-electron chi connectivity index (χ3n) is 19.6. The van der Waals surface area contributed by atoms with Gasteiger partial charge in [-0.05, 0) is 224 Å². The van der Waals surface area contributed by atoms with Gasteiger partial charge in [0.25, 0.3) is 0 Å². The van der Waals surface area contributed by atoms with E-state index in [0.717, 1.165) is 109 Å². The Bertz CT molecular complexity index is 5870. The molecule has 96 heavy (non-hydrogen) atoms. The fourth-order valence-electron chi connectivity index (χ4n) is 14.7. The normalized spacial score (nSPS) is 14.7. The van der Waals surface area contributed by atoms with Crippen LogP contribution in [-0.4, -0.2) is 89.8 Å². The van der Waals surface area contributed by atoms with Gasteiger partial charge in [0.1, 0.15) is 55.4 Å². The summed E-state index contributed by atoms with van der Waals surface area (Å²) < 4.78 is 55.8. The summed E-state index contributed by atoms with van der Waals surface area (Å²) in [6.45, 7) is 21.5. The number of benzene rings is 1. The van der Waals surface area contributed by atoms with Crippen molar-refractivity contribution in [3.05, 3.63) is 215 Å². The molecule has 4 aliphatic rings. The minimum atomic E-state index is -2.10. The van der Waals surface area contributed by atoms with E-state index in [2.05, 4.69) is 237 Å². The average Bonchev–Trinajstić information content (AvgIpc) is 1.71. The van der Waals surface area contributed by atoms with Gasteiger partial charge in [0.2, 0.25) is 17.1 Å². The Hall–Kier alpha value is -10.2. The van der Waals surface area contributed by atoms with Crippen LogP contribution in [0.25, 0.3) is 91.0 Å². The number of para-hydroxylation sites is 1. The summed E-state index contributed by atoms with van der Waals surface area (Å²) in [6, 6.07) is 35.1. The number of pyridine rings is 7. The van der Waals surface area contributed by atoms with Crippen molar-refractivity contribution < 1.29 is 40.0 Å². The van der Waals surface area contributed by atoms with Gasteiger partial charge in [-0.25, -0.2) is 33.2 Å². The van der Waals surface area contributed by atoms with E-state index in [0.29, 0.717) is 5.56 Å². The molecule has 0 saturated carbocycles. The number of aromatic nitrogens is 7. The first-order valence-electron chi connectivity index (χ1n) is 34.3. The van der Waals surface area contributed by atoms with Crippen LogP contribution >= 0.6 is 0 Å². The fourth-order valence-corrected chi connectivity index (χ4v) is 14.7. The molecule has 19 heteroatoms. The zero-order chi connectivity index (χ0) is 70.5. The van der Waals surface area contributed by atoms with Crippen LogP contribution < -0.4 is 83.2 Å². The van der Waals surface area contributed by atoms with Crippen LogP contribution in [0.4, 0.5) is 0 Å². The van der Waals surface area contributed by atoms with Gasteiger partial charge in [-0.3, -0.25) is 0 Å². The molecule has 0 unspecified atom stereocenters. The zero-order valence-corrected chi connectivity index (χ0v) is 58.8. The van der Waals surface area contributed by atoms with Crippen LogP contribution in [0.1, 0.15) is 76.7 Å². The first kappa shape index (κ1) is 60.8. The average molecular weight is 1270 g/mol. The van der Waals surface area contributed by atoms with Crippen molar-refractivity contribution in [2.45, 2.75) is 83.0 Å². The summed E-state index contributed by atoms with van der Waals surface area (Å²) in [5.41, 5.74) is 24.8. The van der Waals surface area contributed by atoms with Crippen molar-refractivity contribution in [3.63, 3.8) is 0 Å². The largest absolute Gasteiger partial charge is 0.455 e. The maximum Gasteiger partial charge on any atom is 0.402 e. The second-order valence-corrected chi connectivity index (χ2v) is 26.9. The first-order chi connectivity index (χ1) is 47.0. The number of aryl methyl sites for hydroxylation is 12. The lowest BCUT2D eigenvalue weighted by Crippen LogP contribution is -2.62. The predicted molar refractivity (Wildman–Crippen MR) is 390 cm³/mol. The van der Waals surface area contributed by atoms with Gasteiger partial charge in [-0.1, -0.05) is 23.7 Å². The molecule has 16 rings (SSSR count). The molecule has 0 saturated heterocycles. The van der Waals surface area contributed by atoms with E-state index in [9.17, 15) is 0 Å². The fraction of sp³-hybridized carbons (Fsp3) is 0.260. The molecular weight excluding hydrogens is 1190 g/mol. The lowest BCUT2D eigenvalue weighted by Gasteiger charge is -2.24. The van der Waals surface area contributed by atoms with Crippen LogP contribution in [0, 0.1) is 55.3 Å². The number of nitrogens with zero attached hydrogens (tertiary/aromatic N) is 11. The van der Waals surface area contributed by atoms with Crippen molar-refractivity contribution in [2.75, 3.05) is 28.2 Å². The predicted octanol–water partition coefficient (Wildman–Crippen LogP) is 2.85. The van der Waals surface area contributed by atoms with Gasteiger partial charge in [-0.2, -0.15) is 0 Å². The molecule has 1 aromatic carbocycles. The Kier molecular flexibility index (Phi) is 16.0. The highest BCUT2D eigenvalue weighted by Gasteiger charge is 2.39. The molecule has 0 radical (unpaired) electrons. The summed E-state index contributed by atoms with van der Waals surface area (Å²) >= 11 is 0. The molecule has 0 spiro atoms. The van der Waals surface area contributed by atoms with Crippen molar-refractivity contribution in [2.24, 2.45) is 28.2 Å². The van der Waals surface area contributed by atoms with Gasteiger partial charge in [-0.15, -0.1) is 0 Å². The van der Waals surface area contributed by atoms with E-state index >= 15 is 0 Å². The number of hydrogen-bond donors (Lipinski definition) is 0. The summed E-state index contributed by atoms with van der Waals surface area (Å²) in [4.78, 5) is 22.6. The number of hydrogen-bond acceptors (Lipinski definition) is 11. The lowest BCUT2D eigenvalue weighted by atomic mass is 9.50. The highest BCUT2D eigenvalue weighted by Crippen LogP contribution is 2.19. The smallest absolute Gasteiger partial charge is 0.402 e. The monoisotopic (exact) mass is 1270 g/mol. The van der Waals surface area contributed by atoms with E-state index in [1.54, 1.807) is 12.3 Å². The molecule has 15 nitrogen and oxygen atoms in total. The molecule has 15 heterocycles. The maximum atomic E-state index is 7.62. The van der Waals surface area contributed by atoms with E-state index < -0.39 is 6.85 Å². The Morgan fingerprint density at radius 3 is 1.30 bits per heavy atom. The third kappa shape index (κ3) is 11.6. The number of fused-ring (bicyclic) bond motifs is 12. The highest BCUT2D eigenvalue weighted by atomic mass is 16.3. The van der Waals surface area contributed by atoms with Crippen molar-refractivity contribution in [1.29, 1.82) is 0 Å². The first-order valence-corrected chi connectivity index (χ1v) is 32.8. The molecule has 0 atom stereocenters. The van der Waals surface area contributed by atoms with Crippen LogP contribution in [0.15, 0.2) is 146 Å². The Morgan fingerprint density at radius 1 is 0.385 bits per heavy atom. The Morgan fingerprint density at radius 2 is 0.812 bits per heavy atom. The molecule has 11 aromatic heterocycles. The molecule has 0 fully saturated rings. The molecular formula is C77H85B4N11O4+4. The molecule has 12 aromatic rings. The second kappa shape index (κ2) is 25.2. The zero-order valence-electron chi connectivity index (χ0n) is 61.8. The van der Waals surface area contributed by atoms with E-state index in [4.69, 9.17) is 21.8 Å². The Labute approximate surface area is 566 Å². The quantitative estimate of drug-likeness (QED) is 0.191. The summed E-state index contributed by atoms with van der Waals surface area (Å²) in [5.74, 6) is 0. The highest BCUT2D eigenvalue weighted by molar-refractivity contribution is 6.87.